The number of hydrogen-bond acceptors (Lipinski definition) is 8. The summed E-state index contributed by atoms with van der Waals surface area (Å²) in [5.74, 6) is -1.27. The molecule has 6 N–H and O–H groups in total. The van der Waals surface area contributed by atoms with Crippen molar-refractivity contribution >= 4 is 5.97 Å². The molecule has 2 saturated heterocycles. The molecule has 116 valence electrons. The van der Waals surface area contributed by atoms with Crippen molar-refractivity contribution in [1.82, 2.24) is 4.90 Å². The molecule has 0 aliphatic carbocycles. The number of aliphatic hydroxyl groups is 5. The van der Waals surface area contributed by atoms with E-state index < -0.39 is 55.4 Å². The summed E-state index contributed by atoms with van der Waals surface area (Å²) >= 11 is 0. The van der Waals surface area contributed by atoms with Gasteiger partial charge >= 0.3 is 5.97 Å². The predicted molar refractivity (Wildman–Crippen MR) is 62.5 cm³/mol. The third kappa shape index (κ3) is 2.53. The fourth-order valence-corrected chi connectivity index (χ4v) is 2.75. The van der Waals surface area contributed by atoms with Crippen molar-refractivity contribution < 1.29 is 40.2 Å². The van der Waals surface area contributed by atoms with Crippen LogP contribution in [0.3, 0.4) is 0 Å². The Morgan fingerprint density at radius 3 is 2.35 bits per heavy atom. The minimum atomic E-state index is -1.57. The van der Waals surface area contributed by atoms with Crippen molar-refractivity contribution in [2.24, 2.45) is 0 Å². The average Bonchev–Trinajstić information content (AvgIpc) is 2.78. The Kier molecular flexibility index (Phi) is 4.59. The summed E-state index contributed by atoms with van der Waals surface area (Å²) in [5, 5.41) is 57.2. The first-order chi connectivity index (χ1) is 9.38. The van der Waals surface area contributed by atoms with Crippen LogP contribution >= 0.6 is 0 Å². The lowest BCUT2D eigenvalue weighted by molar-refractivity contribution is -0.268. The maximum Gasteiger partial charge on any atom is 0.323 e. The van der Waals surface area contributed by atoms with E-state index in [1.165, 1.54) is 4.90 Å². The summed E-state index contributed by atoms with van der Waals surface area (Å²) in [7, 11) is 0. The molecule has 2 heterocycles. The number of aliphatic hydroxyl groups excluding tert-OH is 5. The first kappa shape index (κ1) is 15.6. The minimum absolute atomic E-state index is 0.154. The Bertz CT molecular complexity index is 364. The topological polar surface area (TPSA) is 151 Å². The number of likely N-dealkylation sites (tertiary alicyclic amines) is 1. The van der Waals surface area contributed by atoms with Crippen LogP contribution in [0.2, 0.25) is 0 Å². The van der Waals surface area contributed by atoms with Gasteiger partial charge in [0.1, 0.15) is 36.7 Å². The maximum absolute atomic E-state index is 11.2. The molecule has 7 atom stereocenters. The zero-order chi connectivity index (χ0) is 15.0. The molecule has 20 heavy (non-hydrogen) atoms. The fraction of sp³-hybridized carbons (Fsp3) is 0.909. The van der Waals surface area contributed by atoms with Gasteiger partial charge in [0.05, 0.1) is 12.7 Å². The van der Waals surface area contributed by atoms with Crippen LogP contribution in [0.4, 0.5) is 0 Å². The van der Waals surface area contributed by atoms with Crippen LogP contribution in [0.25, 0.3) is 0 Å². The maximum atomic E-state index is 11.2. The van der Waals surface area contributed by atoms with Crippen LogP contribution in [0.15, 0.2) is 0 Å². The second-order valence-electron chi connectivity index (χ2n) is 5.10. The fourth-order valence-electron chi connectivity index (χ4n) is 2.75. The molecule has 0 spiro atoms. The number of hydrogen-bond donors (Lipinski definition) is 6. The highest BCUT2D eigenvalue weighted by molar-refractivity contribution is 5.74. The third-order valence-corrected chi connectivity index (χ3v) is 3.85. The van der Waals surface area contributed by atoms with Crippen LogP contribution < -0.4 is 0 Å². The van der Waals surface area contributed by atoms with E-state index in [0.717, 1.165) is 0 Å². The van der Waals surface area contributed by atoms with Gasteiger partial charge < -0.3 is 35.4 Å². The van der Waals surface area contributed by atoms with Crippen LogP contribution in [0.5, 0.6) is 0 Å². The molecule has 2 aliphatic rings. The van der Waals surface area contributed by atoms with Gasteiger partial charge in [0.15, 0.2) is 0 Å². The molecule has 2 rings (SSSR count). The molecule has 9 nitrogen and oxygen atoms in total. The van der Waals surface area contributed by atoms with Crippen molar-refractivity contribution in [3.05, 3.63) is 0 Å². The first-order valence-electron chi connectivity index (χ1n) is 6.35. The van der Waals surface area contributed by atoms with Crippen molar-refractivity contribution in [1.29, 1.82) is 0 Å². The van der Waals surface area contributed by atoms with Crippen LogP contribution in [-0.2, 0) is 9.53 Å². The van der Waals surface area contributed by atoms with Gasteiger partial charge in [-0.25, -0.2) is 0 Å². The van der Waals surface area contributed by atoms with E-state index in [-0.39, 0.29) is 13.0 Å². The number of aliphatic carboxylic acids is 1. The van der Waals surface area contributed by atoms with E-state index in [1.54, 1.807) is 0 Å². The molecule has 0 aromatic heterocycles. The summed E-state index contributed by atoms with van der Waals surface area (Å²) < 4.78 is 5.28. The third-order valence-electron chi connectivity index (χ3n) is 3.85. The van der Waals surface area contributed by atoms with Gasteiger partial charge in [-0.1, -0.05) is 0 Å². The lowest BCUT2D eigenvalue weighted by atomic mass is 9.97. The number of rotatable bonds is 3. The molecule has 9 heteroatoms. The van der Waals surface area contributed by atoms with Gasteiger partial charge in [-0.2, -0.15) is 0 Å². The Labute approximate surface area is 114 Å². The van der Waals surface area contributed by atoms with Crippen LogP contribution in [0, 0.1) is 0 Å². The Morgan fingerprint density at radius 2 is 1.80 bits per heavy atom. The van der Waals surface area contributed by atoms with E-state index in [0.29, 0.717) is 0 Å². The Morgan fingerprint density at radius 1 is 1.15 bits per heavy atom. The zero-order valence-electron chi connectivity index (χ0n) is 10.6. The van der Waals surface area contributed by atoms with Crippen molar-refractivity contribution in [3.8, 4) is 0 Å². The number of carboxylic acids is 1. The molecule has 0 aromatic rings. The molecule has 2 aliphatic heterocycles. The standard InChI is InChI=1S/C11H19NO8/c13-3-5-7(15)8(16)9(17)10(20-5)12-2-1-4(14)6(12)11(18)19/h4-10,13-17H,1-3H2,(H,18,19)/t4?,5-,6+,7+,8+,9-,10-/m1/s1. The number of ether oxygens (including phenoxy) is 1. The number of carboxylic acid groups (broad SMARTS) is 1. The van der Waals surface area contributed by atoms with Crippen LogP contribution in [0.1, 0.15) is 6.42 Å². The number of nitrogens with zero attached hydrogens (tertiary/aromatic N) is 1. The van der Waals surface area contributed by atoms with Gasteiger partial charge in [0.25, 0.3) is 0 Å². The summed E-state index contributed by atoms with van der Waals surface area (Å²) in [6.07, 6.45) is -7.86. The highest BCUT2D eigenvalue weighted by atomic mass is 16.6. The quantitative estimate of drug-likeness (QED) is 0.309. The average molecular weight is 293 g/mol. The summed E-state index contributed by atoms with van der Waals surface area (Å²) in [5.41, 5.74) is 0. The SMILES string of the molecule is O=C(O)[C@@H]1C(O)CCN1[C@@H]1O[C@H](CO)[C@H](O)[C@H](O)[C@H]1O. The van der Waals surface area contributed by atoms with E-state index in [9.17, 15) is 25.2 Å². The molecule has 1 unspecified atom stereocenters. The normalized spacial score (nSPS) is 46.5. The molecule has 2 fully saturated rings. The number of carbonyl (C=O) groups is 1. The van der Waals surface area contributed by atoms with E-state index >= 15 is 0 Å². The Balaban J connectivity index is 2.20. The molecule has 0 bridgehead atoms. The highest BCUT2D eigenvalue weighted by Crippen LogP contribution is 2.29. The van der Waals surface area contributed by atoms with E-state index in [4.69, 9.17) is 14.9 Å². The first-order valence-corrected chi connectivity index (χ1v) is 6.35. The van der Waals surface area contributed by atoms with Gasteiger partial charge in [0, 0.05) is 6.54 Å². The zero-order valence-corrected chi connectivity index (χ0v) is 10.6. The summed E-state index contributed by atoms with van der Waals surface area (Å²) in [4.78, 5) is 12.4. The smallest absolute Gasteiger partial charge is 0.323 e. The predicted octanol–water partition coefficient (Wildman–Crippen LogP) is -3.69. The summed E-state index contributed by atoms with van der Waals surface area (Å²) in [6, 6.07) is -1.27. The molecule has 0 radical (unpaired) electrons. The van der Waals surface area contributed by atoms with Gasteiger partial charge in [-0.3, -0.25) is 9.69 Å². The molecular weight excluding hydrogens is 274 g/mol. The van der Waals surface area contributed by atoms with Crippen molar-refractivity contribution in [2.45, 2.75) is 49.2 Å². The largest absolute Gasteiger partial charge is 0.480 e. The Hall–Kier alpha value is -0.810. The van der Waals surface area contributed by atoms with Crippen LogP contribution in [-0.4, -0.2) is 97.4 Å². The lowest BCUT2D eigenvalue weighted by Crippen LogP contribution is -2.65. The highest BCUT2D eigenvalue weighted by Gasteiger charge is 2.51. The lowest BCUT2D eigenvalue weighted by Gasteiger charge is -2.44. The van der Waals surface area contributed by atoms with Gasteiger partial charge in [-0.15, -0.1) is 0 Å². The summed E-state index contributed by atoms with van der Waals surface area (Å²) in [6.45, 7) is -0.434. The second-order valence-corrected chi connectivity index (χ2v) is 5.10. The molecule has 0 saturated carbocycles. The second kappa shape index (κ2) is 5.90. The molecular formula is C11H19NO8. The van der Waals surface area contributed by atoms with Crippen molar-refractivity contribution in [2.75, 3.05) is 13.2 Å². The van der Waals surface area contributed by atoms with E-state index in [1.807, 2.05) is 0 Å². The monoisotopic (exact) mass is 293 g/mol. The molecule has 0 amide bonds. The van der Waals surface area contributed by atoms with E-state index in [2.05, 4.69) is 0 Å². The molecule has 0 aromatic carbocycles. The van der Waals surface area contributed by atoms with Gasteiger partial charge in [0.2, 0.25) is 0 Å². The van der Waals surface area contributed by atoms with Gasteiger partial charge in [-0.05, 0) is 6.42 Å². The minimum Gasteiger partial charge on any atom is -0.480 e. The van der Waals surface area contributed by atoms with Crippen molar-refractivity contribution in [3.63, 3.8) is 0 Å².